The summed E-state index contributed by atoms with van der Waals surface area (Å²) in [5.41, 5.74) is 1.53. The fourth-order valence-corrected chi connectivity index (χ4v) is 1.62. The van der Waals surface area contributed by atoms with Crippen LogP contribution in [0.5, 0.6) is 0 Å². The van der Waals surface area contributed by atoms with E-state index in [1.54, 1.807) is 12.1 Å². The molecule has 2 rings (SSSR count). The van der Waals surface area contributed by atoms with Gasteiger partial charge in [-0.1, -0.05) is 6.07 Å². The lowest BCUT2D eigenvalue weighted by Crippen LogP contribution is -2.22. The number of hydrogen-bond acceptors (Lipinski definition) is 4. The molecule has 0 spiro atoms. The molecule has 0 bridgehead atoms. The van der Waals surface area contributed by atoms with E-state index in [9.17, 15) is 18.0 Å². The molecule has 106 valence electrons. The van der Waals surface area contributed by atoms with Crippen molar-refractivity contribution in [2.75, 3.05) is 5.43 Å². The molecule has 0 unspecified atom stereocenters. The van der Waals surface area contributed by atoms with Crippen LogP contribution in [-0.4, -0.2) is 9.55 Å². The molecule has 0 aliphatic carbocycles. The molecule has 0 aliphatic rings. The van der Waals surface area contributed by atoms with Crippen LogP contribution in [0.3, 0.4) is 0 Å². The maximum Gasteiger partial charge on any atom is 0.417 e. The summed E-state index contributed by atoms with van der Waals surface area (Å²) in [6.45, 7) is 0.000600. The number of hydrazine groups is 1. The summed E-state index contributed by atoms with van der Waals surface area (Å²) >= 11 is 0. The molecule has 0 aromatic carbocycles. The molecule has 0 aliphatic heterocycles. The topological polar surface area (TPSA) is 72.9 Å². The molecular formula is C12H11F3N4O. The molecule has 0 saturated heterocycles. The summed E-state index contributed by atoms with van der Waals surface area (Å²) in [4.78, 5) is 15.5. The monoisotopic (exact) mass is 284 g/mol. The minimum atomic E-state index is -4.49. The maximum absolute atomic E-state index is 12.6. The lowest BCUT2D eigenvalue weighted by molar-refractivity contribution is -0.138. The van der Waals surface area contributed by atoms with Crippen molar-refractivity contribution < 1.29 is 13.2 Å². The van der Waals surface area contributed by atoms with Crippen molar-refractivity contribution in [3.8, 4) is 0 Å². The van der Waals surface area contributed by atoms with Crippen molar-refractivity contribution in [3.63, 3.8) is 0 Å². The van der Waals surface area contributed by atoms with Crippen molar-refractivity contribution in [1.82, 2.24) is 9.55 Å². The van der Waals surface area contributed by atoms with Crippen LogP contribution in [0.1, 0.15) is 11.1 Å². The molecule has 2 aromatic heterocycles. The van der Waals surface area contributed by atoms with Crippen molar-refractivity contribution in [3.05, 3.63) is 58.1 Å². The lowest BCUT2D eigenvalue weighted by Gasteiger charge is -2.10. The number of aromatic nitrogens is 2. The fourth-order valence-electron chi connectivity index (χ4n) is 1.62. The van der Waals surface area contributed by atoms with E-state index in [4.69, 9.17) is 5.84 Å². The molecule has 2 heterocycles. The number of pyridine rings is 2. The van der Waals surface area contributed by atoms with Crippen molar-refractivity contribution >= 4 is 5.82 Å². The first kappa shape index (κ1) is 14.1. The van der Waals surface area contributed by atoms with Gasteiger partial charge >= 0.3 is 6.18 Å². The maximum atomic E-state index is 12.6. The van der Waals surface area contributed by atoms with Gasteiger partial charge in [0.25, 0.3) is 5.56 Å². The number of nitrogens with two attached hydrogens (primary N) is 1. The van der Waals surface area contributed by atoms with Gasteiger partial charge in [-0.15, -0.1) is 0 Å². The second-order valence-electron chi connectivity index (χ2n) is 4.08. The first-order chi connectivity index (χ1) is 9.40. The highest BCUT2D eigenvalue weighted by molar-refractivity contribution is 5.33. The standard InChI is InChI=1S/C12H11F3N4O/c13-12(14,15)9-2-4-11(20)19(7-9)6-8-1-3-10(18-16)17-5-8/h1-5,7H,6,16H2,(H,17,18). The van der Waals surface area contributed by atoms with E-state index in [0.29, 0.717) is 11.4 Å². The number of hydrogen-bond donors (Lipinski definition) is 2. The Morgan fingerprint density at radius 2 is 2.00 bits per heavy atom. The predicted molar refractivity (Wildman–Crippen MR) is 66.9 cm³/mol. The van der Waals surface area contributed by atoms with Gasteiger partial charge in [0.05, 0.1) is 12.1 Å². The van der Waals surface area contributed by atoms with E-state index in [2.05, 4.69) is 10.4 Å². The van der Waals surface area contributed by atoms with E-state index in [1.807, 2.05) is 0 Å². The van der Waals surface area contributed by atoms with Crippen LogP contribution in [0.4, 0.5) is 19.0 Å². The summed E-state index contributed by atoms with van der Waals surface area (Å²) in [5, 5.41) is 0. The zero-order valence-corrected chi connectivity index (χ0v) is 10.2. The fraction of sp³-hybridized carbons (Fsp3) is 0.167. The minimum absolute atomic E-state index is 0.000600. The normalized spacial score (nSPS) is 11.4. The highest BCUT2D eigenvalue weighted by Gasteiger charge is 2.30. The van der Waals surface area contributed by atoms with E-state index in [-0.39, 0.29) is 6.54 Å². The molecule has 3 N–H and O–H groups in total. The molecule has 2 aromatic rings. The number of rotatable bonds is 3. The average molecular weight is 284 g/mol. The van der Waals surface area contributed by atoms with Crippen LogP contribution >= 0.6 is 0 Å². The van der Waals surface area contributed by atoms with Crippen molar-refractivity contribution in [1.29, 1.82) is 0 Å². The molecule has 20 heavy (non-hydrogen) atoms. The minimum Gasteiger partial charge on any atom is -0.310 e. The largest absolute Gasteiger partial charge is 0.417 e. The van der Waals surface area contributed by atoms with Crippen molar-refractivity contribution in [2.24, 2.45) is 5.84 Å². The van der Waals surface area contributed by atoms with E-state index in [0.717, 1.165) is 22.9 Å². The first-order valence-electron chi connectivity index (χ1n) is 5.59. The van der Waals surface area contributed by atoms with Crippen LogP contribution in [0, 0.1) is 0 Å². The van der Waals surface area contributed by atoms with Crippen molar-refractivity contribution in [2.45, 2.75) is 12.7 Å². The van der Waals surface area contributed by atoms with Crippen LogP contribution in [0.25, 0.3) is 0 Å². The zero-order chi connectivity index (χ0) is 14.8. The quantitative estimate of drug-likeness (QED) is 0.663. The van der Waals surface area contributed by atoms with E-state index >= 15 is 0 Å². The Morgan fingerprint density at radius 1 is 1.25 bits per heavy atom. The first-order valence-corrected chi connectivity index (χ1v) is 5.59. The Morgan fingerprint density at radius 3 is 2.55 bits per heavy atom. The van der Waals surface area contributed by atoms with Gasteiger partial charge < -0.3 is 9.99 Å². The SMILES string of the molecule is NNc1ccc(Cn2cc(C(F)(F)F)ccc2=O)cn1. The third-order valence-corrected chi connectivity index (χ3v) is 2.64. The lowest BCUT2D eigenvalue weighted by atomic mass is 10.2. The number of alkyl halides is 3. The van der Waals surface area contributed by atoms with Gasteiger partial charge in [0, 0.05) is 18.5 Å². The number of nitrogens with one attached hydrogen (secondary N) is 1. The second-order valence-corrected chi connectivity index (χ2v) is 4.08. The van der Waals surface area contributed by atoms with Crippen LogP contribution in [0.15, 0.2) is 41.5 Å². The summed E-state index contributed by atoms with van der Waals surface area (Å²) in [6, 6.07) is 4.84. The summed E-state index contributed by atoms with van der Waals surface area (Å²) < 4.78 is 38.7. The number of anilines is 1. The molecule has 0 saturated carbocycles. The summed E-state index contributed by atoms with van der Waals surface area (Å²) in [6.07, 6.45) is -2.26. The van der Waals surface area contributed by atoms with E-state index < -0.39 is 17.3 Å². The molecule has 0 radical (unpaired) electrons. The molecule has 0 atom stereocenters. The number of nitrogen functional groups attached to an aromatic ring is 1. The van der Waals surface area contributed by atoms with Gasteiger partial charge in [-0.05, 0) is 17.7 Å². The Balaban J connectivity index is 2.30. The van der Waals surface area contributed by atoms with Gasteiger partial charge in [0.1, 0.15) is 5.82 Å². The van der Waals surface area contributed by atoms with Gasteiger partial charge in [-0.2, -0.15) is 13.2 Å². The van der Waals surface area contributed by atoms with Gasteiger partial charge in [0.2, 0.25) is 0 Å². The summed E-state index contributed by atoms with van der Waals surface area (Å²) in [5.74, 6) is 5.57. The van der Waals surface area contributed by atoms with Gasteiger partial charge in [-0.3, -0.25) is 4.79 Å². The molecule has 8 heteroatoms. The van der Waals surface area contributed by atoms with E-state index in [1.165, 1.54) is 6.20 Å². The van der Waals surface area contributed by atoms with Gasteiger partial charge in [-0.25, -0.2) is 10.8 Å². The van der Waals surface area contributed by atoms with Crippen LogP contribution < -0.4 is 16.8 Å². The number of halogens is 3. The van der Waals surface area contributed by atoms with Crippen LogP contribution in [0.2, 0.25) is 0 Å². The Labute approximate surface area is 111 Å². The Kier molecular flexibility index (Phi) is 3.75. The smallest absolute Gasteiger partial charge is 0.310 e. The highest BCUT2D eigenvalue weighted by atomic mass is 19.4. The molecule has 0 amide bonds. The molecular weight excluding hydrogens is 273 g/mol. The third kappa shape index (κ3) is 3.15. The Bertz CT molecular complexity index is 649. The van der Waals surface area contributed by atoms with Crippen LogP contribution in [-0.2, 0) is 12.7 Å². The molecule has 5 nitrogen and oxygen atoms in total. The van der Waals surface area contributed by atoms with Gasteiger partial charge in [0.15, 0.2) is 0 Å². The predicted octanol–water partition coefficient (Wildman–Crippen LogP) is 1.60. The second kappa shape index (κ2) is 5.33. The zero-order valence-electron chi connectivity index (χ0n) is 10.2. The summed E-state index contributed by atoms with van der Waals surface area (Å²) in [7, 11) is 0. The highest BCUT2D eigenvalue weighted by Crippen LogP contribution is 2.28. The molecule has 0 fully saturated rings. The number of nitrogens with zero attached hydrogens (tertiary/aromatic N) is 2. The third-order valence-electron chi connectivity index (χ3n) is 2.64. The Hall–Kier alpha value is -2.35. The average Bonchev–Trinajstić information content (AvgIpc) is 2.41.